The fourth-order valence-electron chi connectivity index (χ4n) is 3.25. The molecular formula is C24H17Cl2N5O3. The van der Waals surface area contributed by atoms with Gasteiger partial charge in [0.05, 0.1) is 16.6 Å². The van der Waals surface area contributed by atoms with Crippen LogP contribution in [0, 0.1) is 0 Å². The third-order valence-corrected chi connectivity index (χ3v) is 5.48. The highest BCUT2D eigenvalue weighted by atomic mass is 35.5. The average Bonchev–Trinajstić information content (AvgIpc) is 2.85. The molecule has 2 amide bonds. The van der Waals surface area contributed by atoms with E-state index in [1.165, 1.54) is 6.21 Å². The molecule has 0 radical (unpaired) electrons. The van der Waals surface area contributed by atoms with Gasteiger partial charge >= 0.3 is 0 Å². The monoisotopic (exact) mass is 493 g/mol. The predicted octanol–water partition coefficient (Wildman–Crippen LogP) is 3.85. The molecule has 4 rings (SSSR count). The number of hydrazone groups is 1. The second-order valence-electron chi connectivity index (χ2n) is 7.16. The van der Waals surface area contributed by atoms with Gasteiger partial charge in [-0.2, -0.15) is 10.2 Å². The summed E-state index contributed by atoms with van der Waals surface area (Å²) in [6.45, 7) is 0. The van der Waals surface area contributed by atoms with Gasteiger partial charge in [-0.05, 0) is 30.3 Å². The van der Waals surface area contributed by atoms with Crippen molar-refractivity contribution in [3.63, 3.8) is 0 Å². The number of H-pyrrole nitrogens is 1. The first-order valence-electron chi connectivity index (χ1n) is 10.1. The van der Waals surface area contributed by atoms with Crippen molar-refractivity contribution in [3.05, 3.63) is 110 Å². The van der Waals surface area contributed by atoms with Crippen LogP contribution in [0.2, 0.25) is 10.0 Å². The topological polar surface area (TPSA) is 116 Å². The predicted molar refractivity (Wildman–Crippen MR) is 131 cm³/mol. The Morgan fingerprint density at radius 3 is 2.41 bits per heavy atom. The minimum Gasteiger partial charge on any atom is -0.335 e. The van der Waals surface area contributed by atoms with E-state index >= 15 is 0 Å². The summed E-state index contributed by atoms with van der Waals surface area (Å²) in [5.74, 6) is -1.17. The molecular weight excluding hydrogens is 477 g/mol. The SMILES string of the molecule is O=C(NC(C(=O)NN=Cc1ccc(Cl)cc1Cl)c1n[nH]c(=O)c2ccccc12)c1ccccc1. The Balaban J connectivity index is 1.67. The molecule has 3 aromatic carbocycles. The lowest BCUT2D eigenvalue weighted by molar-refractivity contribution is -0.123. The lowest BCUT2D eigenvalue weighted by atomic mass is 10.0. The van der Waals surface area contributed by atoms with E-state index in [1.54, 1.807) is 72.8 Å². The zero-order valence-electron chi connectivity index (χ0n) is 17.5. The van der Waals surface area contributed by atoms with E-state index < -0.39 is 23.4 Å². The first-order chi connectivity index (χ1) is 16.4. The smallest absolute Gasteiger partial charge is 0.272 e. The Bertz CT molecular complexity index is 1450. The third kappa shape index (κ3) is 5.14. The van der Waals surface area contributed by atoms with E-state index in [-0.39, 0.29) is 5.69 Å². The number of nitrogens with zero attached hydrogens (tertiary/aromatic N) is 2. The summed E-state index contributed by atoms with van der Waals surface area (Å²) in [4.78, 5) is 38.2. The molecule has 0 spiro atoms. The standard InChI is InChI=1S/C24H17Cl2N5O3/c25-16-11-10-15(19(26)12-16)13-27-30-24(34)21(28-22(32)14-6-2-1-3-7-14)20-17-8-4-5-9-18(17)23(33)31-29-20/h1-13,21H,(H,28,32)(H,30,34)(H,31,33). The number of halogens is 2. The van der Waals surface area contributed by atoms with Crippen molar-refractivity contribution in [1.82, 2.24) is 20.9 Å². The fraction of sp³-hybridized carbons (Fsp3) is 0.0417. The number of hydrogen-bond acceptors (Lipinski definition) is 5. The number of amides is 2. The van der Waals surface area contributed by atoms with Crippen LogP contribution >= 0.6 is 23.2 Å². The summed E-state index contributed by atoms with van der Waals surface area (Å²) in [5.41, 5.74) is 3.03. The molecule has 1 unspecified atom stereocenters. The van der Waals surface area contributed by atoms with Gasteiger partial charge in [0.25, 0.3) is 17.4 Å². The molecule has 1 atom stereocenters. The molecule has 0 saturated carbocycles. The van der Waals surface area contributed by atoms with Gasteiger partial charge < -0.3 is 5.32 Å². The minimum atomic E-state index is -1.26. The Morgan fingerprint density at radius 2 is 1.68 bits per heavy atom. The van der Waals surface area contributed by atoms with Gasteiger partial charge in [-0.15, -0.1) is 0 Å². The molecule has 3 N–H and O–H groups in total. The fourth-order valence-corrected chi connectivity index (χ4v) is 3.71. The first-order valence-corrected chi connectivity index (χ1v) is 10.8. The molecule has 4 aromatic rings. The van der Waals surface area contributed by atoms with Crippen molar-refractivity contribution < 1.29 is 9.59 Å². The number of aromatic nitrogens is 2. The van der Waals surface area contributed by atoms with Gasteiger partial charge in [0.1, 0.15) is 5.69 Å². The van der Waals surface area contributed by atoms with E-state index in [0.717, 1.165) is 0 Å². The van der Waals surface area contributed by atoms with Crippen LogP contribution in [0.5, 0.6) is 0 Å². The van der Waals surface area contributed by atoms with E-state index in [1.807, 2.05) is 0 Å². The van der Waals surface area contributed by atoms with Crippen molar-refractivity contribution in [3.8, 4) is 0 Å². The van der Waals surface area contributed by atoms with E-state index in [4.69, 9.17) is 23.2 Å². The van der Waals surface area contributed by atoms with Crippen LogP contribution in [0.25, 0.3) is 10.8 Å². The van der Waals surface area contributed by atoms with Crippen molar-refractivity contribution in [2.24, 2.45) is 5.10 Å². The van der Waals surface area contributed by atoms with E-state index in [2.05, 4.69) is 26.0 Å². The molecule has 0 aliphatic rings. The number of fused-ring (bicyclic) bond motifs is 1. The maximum absolute atomic E-state index is 13.1. The summed E-state index contributed by atoms with van der Waals surface area (Å²) >= 11 is 12.0. The highest BCUT2D eigenvalue weighted by Crippen LogP contribution is 2.21. The highest BCUT2D eigenvalue weighted by molar-refractivity contribution is 6.36. The van der Waals surface area contributed by atoms with Crippen LogP contribution in [0.4, 0.5) is 0 Å². The van der Waals surface area contributed by atoms with Crippen molar-refractivity contribution in [1.29, 1.82) is 0 Å². The third-order valence-electron chi connectivity index (χ3n) is 4.91. The van der Waals surface area contributed by atoms with Crippen LogP contribution in [-0.4, -0.2) is 28.2 Å². The summed E-state index contributed by atoms with van der Waals surface area (Å²) in [6, 6.07) is 18.6. The molecule has 34 heavy (non-hydrogen) atoms. The Labute approximate surface area is 203 Å². The van der Waals surface area contributed by atoms with Crippen LogP contribution in [0.15, 0.2) is 82.7 Å². The number of benzene rings is 3. The van der Waals surface area contributed by atoms with E-state index in [9.17, 15) is 14.4 Å². The highest BCUT2D eigenvalue weighted by Gasteiger charge is 2.27. The van der Waals surface area contributed by atoms with Crippen molar-refractivity contribution in [2.45, 2.75) is 6.04 Å². The lowest BCUT2D eigenvalue weighted by Gasteiger charge is -2.18. The average molecular weight is 494 g/mol. The second-order valence-corrected chi connectivity index (χ2v) is 8.00. The number of hydrogen-bond donors (Lipinski definition) is 3. The van der Waals surface area contributed by atoms with E-state index in [0.29, 0.717) is 31.9 Å². The summed E-state index contributed by atoms with van der Waals surface area (Å²) in [5, 5.41) is 14.6. The number of carbonyl (C=O) groups is 2. The van der Waals surface area contributed by atoms with Crippen LogP contribution in [0.3, 0.4) is 0 Å². The molecule has 10 heteroatoms. The maximum Gasteiger partial charge on any atom is 0.272 e. The number of nitrogens with one attached hydrogen (secondary N) is 3. The molecule has 8 nitrogen and oxygen atoms in total. The molecule has 0 aliphatic carbocycles. The maximum atomic E-state index is 13.1. The lowest BCUT2D eigenvalue weighted by Crippen LogP contribution is -2.40. The largest absolute Gasteiger partial charge is 0.335 e. The Kier molecular flexibility index (Phi) is 7.01. The summed E-state index contributed by atoms with van der Waals surface area (Å²) in [6.07, 6.45) is 1.35. The van der Waals surface area contributed by atoms with Gasteiger partial charge in [0, 0.05) is 21.5 Å². The molecule has 1 aromatic heterocycles. The number of rotatable bonds is 6. The number of aromatic amines is 1. The van der Waals surface area contributed by atoms with Crippen LogP contribution < -0.4 is 16.3 Å². The van der Waals surface area contributed by atoms with Gasteiger partial charge in [0.2, 0.25) is 0 Å². The van der Waals surface area contributed by atoms with Crippen molar-refractivity contribution >= 4 is 52.0 Å². The number of carbonyl (C=O) groups excluding carboxylic acids is 2. The normalized spacial score (nSPS) is 11.9. The summed E-state index contributed by atoms with van der Waals surface area (Å²) < 4.78 is 0. The van der Waals surface area contributed by atoms with Crippen molar-refractivity contribution in [2.75, 3.05) is 0 Å². The molecule has 170 valence electrons. The molecule has 1 heterocycles. The van der Waals surface area contributed by atoms with Gasteiger partial charge in [-0.25, -0.2) is 10.5 Å². The van der Waals surface area contributed by atoms with Gasteiger partial charge in [-0.1, -0.05) is 65.7 Å². The van der Waals surface area contributed by atoms with Gasteiger partial charge in [-0.3, -0.25) is 14.4 Å². The Hall–Kier alpha value is -4.01. The molecule has 0 fully saturated rings. The van der Waals surface area contributed by atoms with Crippen LogP contribution in [-0.2, 0) is 4.79 Å². The quantitative estimate of drug-likeness (QED) is 0.279. The van der Waals surface area contributed by atoms with Gasteiger partial charge in [0.15, 0.2) is 6.04 Å². The van der Waals surface area contributed by atoms with Crippen LogP contribution in [0.1, 0.15) is 27.7 Å². The molecule has 0 saturated heterocycles. The molecule has 0 bridgehead atoms. The summed E-state index contributed by atoms with van der Waals surface area (Å²) in [7, 11) is 0. The second kappa shape index (κ2) is 10.3. The minimum absolute atomic E-state index is 0.164. The Morgan fingerprint density at radius 1 is 0.971 bits per heavy atom. The zero-order valence-corrected chi connectivity index (χ0v) is 19.0. The first kappa shape index (κ1) is 23.2. The molecule has 0 aliphatic heterocycles. The zero-order chi connectivity index (χ0) is 24.1.